The number of methoxy groups -OCH3 is 3. The SMILES string of the molecule is C=CCc1c(Cl)c(C(=O)OC)c(C(=O)OC)c(C)c1OC. The Labute approximate surface area is 128 Å². The monoisotopic (exact) mass is 312 g/mol. The van der Waals surface area contributed by atoms with Gasteiger partial charge in [0.25, 0.3) is 0 Å². The minimum atomic E-state index is -0.712. The van der Waals surface area contributed by atoms with Gasteiger partial charge in [-0.1, -0.05) is 17.7 Å². The molecule has 21 heavy (non-hydrogen) atoms. The minimum absolute atomic E-state index is 0.0267. The molecule has 0 N–H and O–H groups in total. The molecule has 0 fully saturated rings. The number of rotatable bonds is 5. The van der Waals surface area contributed by atoms with Crippen LogP contribution in [0.2, 0.25) is 5.02 Å². The van der Waals surface area contributed by atoms with Gasteiger partial charge in [0, 0.05) is 11.1 Å². The number of hydrogen-bond acceptors (Lipinski definition) is 5. The molecule has 6 heteroatoms. The Hall–Kier alpha value is -2.01. The molecule has 0 radical (unpaired) electrons. The topological polar surface area (TPSA) is 61.8 Å². The van der Waals surface area contributed by atoms with Gasteiger partial charge in [0.2, 0.25) is 0 Å². The Bertz CT molecular complexity index is 592. The zero-order valence-corrected chi connectivity index (χ0v) is 13.2. The first-order valence-electron chi connectivity index (χ1n) is 6.10. The van der Waals surface area contributed by atoms with Crippen LogP contribution >= 0.6 is 11.6 Å². The van der Waals surface area contributed by atoms with Gasteiger partial charge in [0.05, 0.1) is 37.5 Å². The van der Waals surface area contributed by atoms with Crippen LogP contribution in [-0.4, -0.2) is 33.3 Å². The summed E-state index contributed by atoms with van der Waals surface area (Å²) < 4.78 is 14.8. The van der Waals surface area contributed by atoms with E-state index in [9.17, 15) is 9.59 Å². The molecule has 0 bridgehead atoms. The summed E-state index contributed by atoms with van der Waals surface area (Å²) in [7, 11) is 3.90. The Balaban J connectivity index is 3.85. The van der Waals surface area contributed by atoms with Gasteiger partial charge in [0.1, 0.15) is 5.75 Å². The number of carbonyl (C=O) groups excluding carboxylic acids is 2. The van der Waals surface area contributed by atoms with E-state index in [0.717, 1.165) is 0 Å². The molecule has 1 aromatic rings. The second kappa shape index (κ2) is 7.13. The number of allylic oxidation sites excluding steroid dienone is 1. The lowest BCUT2D eigenvalue weighted by atomic mass is 9.95. The van der Waals surface area contributed by atoms with Gasteiger partial charge in [-0.15, -0.1) is 6.58 Å². The second-order valence-corrected chi connectivity index (χ2v) is 4.55. The van der Waals surface area contributed by atoms with Gasteiger partial charge in [-0.2, -0.15) is 0 Å². The quantitative estimate of drug-likeness (QED) is 0.618. The minimum Gasteiger partial charge on any atom is -0.496 e. The van der Waals surface area contributed by atoms with Crippen molar-refractivity contribution in [1.29, 1.82) is 0 Å². The van der Waals surface area contributed by atoms with Crippen molar-refractivity contribution in [2.24, 2.45) is 0 Å². The van der Waals surface area contributed by atoms with Crippen LogP contribution in [0.25, 0.3) is 0 Å². The Morgan fingerprint density at radius 2 is 1.67 bits per heavy atom. The first kappa shape index (κ1) is 17.0. The van der Waals surface area contributed by atoms with Crippen molar-refractivity contribution in [3.8, 4) is 5.75 Å². The van der Waals surface area contributed by atoms with Crippen molar-refractivity contribution in [2.45, 2.75) is 13.3 Å². The van der Waals surface area contributed by atoms with Gasteiger partial charge in [-0.05, 0) is 13.3 Å². The van der Waals surface area contributed by atoms with Gasteiger partial charge in [-0.3, -0.25) is 0 Å². The van der Waals surface area contributed by atoms with E-state index in [4.69, 9.17) is 25.8 Å². The van der Waals surface area contributed by atoms with E-state index >= 15 is 0 Å². The fraction of sp³-hybridized carbons (Fsp3) is 0.333. The second-order valence-electron chi connectivity index (χ2n) is 4.18. The molecule has 0 spiro atoms. The van der Waals surface area contributed by atoms with E-state index in [0.29, 0.717) is 23.3 Å². The maximum atomic E-state index is 12.0. The van der Waals surface area contributed by atoms with E-state index in [2.05, 4.69) is 6.58 Å². The number of halogens is 1. The zero-order chi connectivity index (χ0) is 16.2. The fourth-order valence-corrected chi connectivity index (χ4v) is 2.48. The third kappa shape index (κ3) is 3.03. The fourth-order valence-electron chi connectivity index (χ4n) is 2.14. The number of benzene rings is 1. The van der Waals surface area contributed by atoms with E-state index in [1.165, 1.54) is 21.3 Å². The van der Waals surface area contributed by atoms with Gasteiger partial charge < -0.3 is 14.2 Å². The summed E-state index contributed by atoms with van der Waals surface area (Å²) >= 11 is 6.29. The van der Waals surface area contributed by atoms with Crippen LogP contribution in [0, 0.1) is 6.92 Å². The van der Waals surface area contributed by atoms with Crippen LogP contribution in [0.15, 0.2) is 12.7 Å². The van der Waals surface area contributed by atoms with Crippen molar-refractivity contribution in [3.63, 3.8) is 0 Å². The highest BCUT2D eigenvalue weighted by Crippen LogP contribution is 2.38. The first-order chi connectivity index (χ1) is 9.94. The van der Waals surface area contributed by atoms with Gasteiger partial charge in [0.15, 0.2) is 0 Å². The van der Waals surface area contributed by atoms with Crippen LogP contribution in [0.5, 0.6) is 5.75 Å². The summed E-state index contributed by atoms with van der Waals surface area (Å²) in [5.41, 5.74) is 1.05. The first-order valence-corrected chi connectivity index (χ1v) is 6.48. The van der Waals surface area contributed by atoms with E-state index in [1.54, 1.807) is 13.0 Å². The zero-order valence-electron chi connectivity index (χ0n) is 12.4. The third-order valence-corrected chi connectivity index (χ3v) is 3.47. The molecule has 0 amide bonds. The number of esters is 2. The summed E-state index contributed by atoms with van der Waals surface area (Å²) in [6.45, 7) is 5.30. The molecule has 5 nitrogen and oxygen atoms in total. The lowest BCUT2D eigenvalue weighted by Crippen LogP contribution is -2.17. The highest BCUT2D eigenvalue weighted by atomic mass is 35.5. The maximum Gasteiger partial charge on any atom is 0.340 e. The lowest BCUT2D eigenvalue weighted by molar-refractivity contribution is 0.0554. The van der Waals surface area contributed by atoms with E-state index in [-0.39, 0.29) is 16.1 Å². The molecule has 0 aliphatic rings. The molecule has 0 aliphatic carbocycles. The molecule has 0 atom stereocenters. The molecule has 0 saturated heterocycles. The summed E-state index contributed by atoms with van der Waals surface area (Å²) in [6, 6.07) is 0. The molecule has 0 aliphatic heterocycles. The summed E-state index contributed by atoms with van der Waals surface area (Å²) in [6.07, 6.45) is 2.01. The Morgan fingerprint density at radius 3 is 2.10 bits per heavy atom. The molecule has 0 saturated carbocycles. The summed E-state index contributed by atoms with van der Waals surface area (Å²) in [5, 5.41) is 0.101. The Morgan fingerprint density at radius 1 is 1.14 bits per heavy atom. The maximum absolute atomic E-state index is 12.0. The summed E-state index contributed by atoms with van der Waals surface area (Å²) in [4.78, 5) is 24.0. The number of carbonyl (C=O) groups is 2. The smallest absolute Gasteiger partial charge is 0.340 e. The van der Waals surface area contributed by atoms with Crippen LogP contribution in [0.4, 0.5) is 0 Å². The summed E-state index contributed by atoms with van der Waals surface area (Å²) in [5.74, 6) is -0.970. The molecule has 0 unspecified atom stereocenters. The van der Waals surface area contributed by atoms with E-state index < -0.39 is 11.9 Å². The van der Waals surface area contributed by atoms with Crippen molar-refractivity contribution in [3.05, 3.63) is 39.9 Å². The Kier molecular flexibility index (Phi) is 5.79. The highest BCUT2D eigenvalue weighted by molar-refractivity contribution is 6.35. The van der Waals surface area contributed by atoms with Crippen molar-refractivity contribution in [2.75, 3.05) is 21.3 Å². The van der Waals surface area contributed by atoms with Crippen LogP contribution in [-0.2, 0) is 15.9 Å². The normalized spacial score (nSPS) is 9.95. The average Bonchev–Trinajstić information content (AvgIpc) is 2.49. The van der Waals surface area contributed by atoms with Crippen molar-refractivity contribution < 1.29 is 23.8 Å². The van der Waals surface area contributed by atoms with Crippen LogP contribution < -0.4 is 4.74 Å². The molecule has 0 heterocycles. The van der Waals surface area contributed by atoms with Crippen molar-refractivity contribution >= 4 is 23.5 Å². The number of ether oxygens (including phenoxy) is 3. The van der Waals surface area contributed by atoms with Gasteiger partial charge >= 0.3 is 11.9 Å². The lowest BCUT2D eigenvalue weighted by Gasteiger charge is -2.19. The molecular weight excluding hydrogens is 296 g/mol. The van der Waals surface area contributed by atoms with Gasteiger partial charge in [-0.25, -0.2) is 9.59 Å². The standard InChI is InChI=1S/C15H17ClO5/c1-6-7-9-12(16)11(15(18)21-5)10(14(17)20-4)8(2)13(9)19-3/h6H,1,7H2,2-5H3. The molecule has 1 rings (SSSR count). The predicted octanol–water partition coefficient (Wildman–Crippen LogP) is 2.96. The molecule has 114 valence electrons. The molecule has 1 aromatic carbocycles. The van der Waals surface area contributed by atoms with Crippen LogP contribution in [0.1, 0.15) is 31.8 Å². The third-order valence-electron chi connectivity index (χ3n) is 3.06. The van der Waals surface area contributed by atoms with Crippen molar-refractivity contribution in [1.82, 2.24) is 0 Å². The highest BCUT2D eigenvalue weighted by Gasteiger charge is 2.29. The number of hydrogen-bond donors (Lipinski definition) is 0. The largest absolute Gasteiger partial charge is 0.496 e. The average molecular weight is 313 g/mol. The van der Waals surface area contributed by atoms with Crippen LogP contribution in [0.3, 0.4) is 0 Å². The molecular formula is C15H17ClO5. The van der Waals surface area contributed by atoms with E-state index in [1.807, 2.05) is 0 Å². The molecule has 0 aromatic heterocycles. The predicted molar refractivity (Wildman–Crippen MR) is 79.3 cm³/mol.